The fraction of sp³-hybridized carbons (Fsp3) is 0.909. The Morgan fingerprint density at radius 3 is 2.76 bits per heavy atom. The number of tetrazole rings is 1. The third-order valence-electron chi connectivity index (χ3n) is 2.77. The molecule has 0 bridgehead atoms. The van der Waals surface area contributed by atoms with Crippen LogP contribution in [0.3, 0.4) is 0 Å². The molecule has 17 heavy (non-hydrogen) atoms. The summed E-state index contributed by atoms with van der Waals surface area (Å²) in [5, 5.41) is 20.6. The van der Waals surface area contributed by atoms with Crippen molar-refractivity contribution >= 4 is 0 Å². The predicted octanol–water partition coefficient (Wildman–Crippen LogP) is 0.677. The Hall–Kier alpha value is -1.01. The van der Waals surface area contributed by atoms with Gasteiger partial charge in [-0.1, -0.05) is 20.3 Å². The Morgan fingerprint density at radius 1 is 1.29 bits per heavy atom. The Balaban J connectivity index is 2.50. The highest BCUT2D eigenvalue weighted by Gasteiger charge is 2.10. The fourth-order valence-corrected chi connectivity index (χ4v) is 1.66. The molecule has 0 saturated carbocycles. The predicted molar refractivity (Wildman–Crippen MR) is 65.4 cm³/mol. The van der Waals surface area contributed by atoms with Crippen LogP contribution in [0, 0.1) is 0 Å². The van der Waals surface area contributed by atoms with E-state index in [9.17, 15) is 0 Å². The maximum atomic E-state index is 8.84. The molecule has 1 heterocycles. The van der Waals surface area contributed by atoms with Crippen molar-refractivity contribution in [3.05, 3.63) is 5.82 Å². The van der Waals surface area contributed by atoms with E-state index in [4.69, 9.17) is 5.11 Å². The lowest BCUT2D eigenvalue weighted by molar-refractivity contribution is 0.219. The molecule has 98 valence electrons. The average Bonchev–Trinajstić information content (AvgIpc) is 2.79. The molecule has 0 aliphatic rings. The van der Waals surface area contributed by atoms with Crippen LogP contribution in [0.25, 0.3) is 0 Å². The molecule has 1 N–H and O–H groups in total. The van der Waals surface area contributed by atoms with Gasteiger partial charge in [-0.25, -0.2) is 4.68 Å². The largest absolute Gasteiger partial charge is 0.396 e. The summed E-state index contributed by atoms with van der Waals surface area (Å²) in [7, 11) is 0. The van der Waals surface area contributed by atoms with Crippen LogP contribution in [0.15, 0.2) is 0 Å². The molecule has 0 spiro atoms. The Morgan fingerprint density at radius 2 is 2.12 bits per heavy atom. The second-order valence-electron chi connectivity index (χ2n) is 4.12. The van der Waals surface area contributed by atoms with E-state index in [0.717, 1.165) is 51.3 Å². The van der Waals surface area contributed by atoms with Gasteiger partial charge in [0.2, 0.25) is 0 Å². The lowest BCUT2D eigenvalue weighted by Crippen LogP contribution is -2.26. The third kappa shape index (κ3) is 4.79. The van der Waals surface area contributed by atoms with Gasteiger partial charge in [-0.05, 0) is 29.8 Å². The monoisotopic (exact) mass is 241 g/mol. The summed E-state index contributed by atoms with van der Waals surface area (Å²) in [6.07, 6.45) is 3.03. The van der Waals surface area contributed by atoms with Gasteiger partial charge in [0.1, 0.15) is 0 Å². The number of hydrogen-bond acceptors (Lipinski definition) is 5. The van der Waals surface area contributed by atoms with Gasteiger partial charge in [0.25, 0.3) is 0 Å². The lowest BCUT2D eigenvalue weighted by atomic mass is 10.3. The summed E-state index contributed by atoms with van der Waals surface area (Å²) in [4.78, 5) is 2.24. The molecule has 0 saturated heterocycles. The number of aromatic nitrogens is 4. The summed E-state index contributed by atoms with van der Waals surface area (Å²) in [5.74, 6) is 0.915. The molecule has 6 nitrogen and oxygen atoms in total. The second kappa shape index (κ2) is 8.14. The zero-order chi connectivity index (χ0) is 12.5. The van der Waals surface area contributed by atoms with Crippen LogP contribution in [0.1, 0.15) is 38.9 Å². The summed E-state index contributed by atoms with van der Waals surface area (Å²) >= 11 is 0. The van der Waals surface area contributed by atoms with Gasteiger partial charge < -0.3 is 5.11 Å². The molecule has 0 amide bonds. The first-order valence-corrected chi connectivity index (χ1v) is 6.40. The zero-order valence-corrected chi connectivity index (χ0v) is 10.8. The molecule has 1 aromatic rings. The second-order valence-corrected chi connectivity index (χ2v) is 4.12. The van der Waals surface area contributed by atoms with Crippen molar-refractivity contribution in [1.82, 2.24) is 25.1 Å². The molecule has 0 atom stereocenters. The van der Waals surface area contributed by atoms with Crippen LogP contribution >= 0.6 is 0 Å². The molecular formula is C11H23N5O. The summed E-state index contributed by atoms with van der Waals surface area (Å²) in [6.45, 7) is 7.97. The number of hydrogen-bond donors (Lipinski definition) is 1. The van der Waals surface area contributed by atoms with Crippen molar-refractivity contribution < 1.29 is 5.11 Å². The van der Waals surface area contributed by atoms with Crippen molar-refractivity contribution in [2.45, 2.75) is 46.2 Å². The SMILES string of the molecule is CCCCn1nnnc1CN(CC)CCCO. The lowest BCUT2D eigenvalue weighted by Gasteiger charge is -2.18. The highest BCUT2D eigenvalue weighted by atomic mass is 16.3. The van der Waals surface area contributed by atoms with E-state index in [1.165, 1.54) is 0 Å². The van der Waals surface area contributed by atoms with Crippen molar-refractivity contribution in [3.8, 4) is 0 Å². The molecule has 0 radical (unpaired) electrons. The Bertz CT molecular complexity index is 302. The van der Waals surface area contributed by atoms with E-state index in [1.54, 1.807) is 0 Å². The molecule has 0 aromatic carbocycles. The molecule has 0 unspecified atom stereocenters. The van der Waals surface area contributed by atoms with Crippen LogP contribution in [-0.2, 0) is 13.1 Å². The van der Waals surface area contributed by atoms with E-state index < -0.39 is 0 Å². The van der Waals surface area contributed by atoms with E-state index in [2.05, 4.69) is 34.3 Å². The maximum absolute atomic E-state index is 8.84. The van der Waals surface area contributed by atoms with Gasteiger partial charge >= 0.3 is 0 Å². The quantitative estimate of drug-likeness (QED) is 0.688. The molecule has 0 aliphatic carbocycles. The topological polar surface area (TPSA) is 67.1 Å². The number of nitrogens with zero attached hydrogens (tertiary/aromatic N) is 5. The number of unbranched alkanes of at least 4 members (excludes halogenated alkanes) is 1. The number of aliphatic hydroxyl groups is 1. The maximum Gasteiger partial charge on any atom is 0.165 e. The molecule has 6 heteroatoms. The first kappa shape index (κ1) is 14.1. The van der Waals surface area contributed by atoms with E-state index in [1.807, 2.05) is 4.68 Å². The molecule has 1 rings (SSSR count). The van der Waals surface area contributed by atoms with Crippen LogP contribution in [0.2, 0.25) is 0 Å². The van der Waals surface area contributed by atoms with Gasteiger partial charge in [-0.2, -0.15) is 0 Å². The third-order valence-corrected chi connectivity index (χ3v) is 2.77. The van der Waals surface area contributed by atoms with E-state index >= 15 is 0 Å². The smallest absolute Gasteiger partial charge is 0.165 e. The molecular weight excluding hydrogens is 218 g/mol. The van der Waals surface area contributed by atoms with Gasteiger partial charge in [0.15, 0.2) is 5.82 Å². The van der Waals surface area contributed by atoms with Crippen LogP contribution < -0.4 is 0 Å². The van der Waals surface area contributed by atoms with E-state index in [0.29, 0.717) is 0 Å². The number of aliphatic hydroxyl groups excluding tert-OH is 1. The summed E-state index contributed by atoms with van der Waals surface area (Å²) in [5.41, 5.74) is 0. The van der Waals surface area contributed by atoms with Gasteiger partial charge in [-0.3, -0.25) is 4.90 Å². The minimum atomic E-state index is 0.233. The number of rotatable bonds is 9. The van der Waals surface area contributed by atoms with Crippen LogP contribution in [0.5, 0.6) is 0 Å². The Kier molecular flexibility index (Phi) is 6.73. The van der Waals surface area contributed by atoms with Crippen LogP contribution in [0.4, 0.5) is 0 Å². The highest BCUT2D eigenvalue weighted by molar-refractivity contribution is 4.80. The van der Waals surface area contributed by atoms with Gasteiger partial charge in [0.05, 0.1) is 6.54 Å². The normalized spacial score (nSPS) is 11.3. The summed E-state index contributed by atoms with van der Waals surface area (Å²) in [6, 6.07) is 0. The molecule has 0 aliphatic heterocycles. The standard InChI is InChI=1S/C11H23N5O/c1-3-5-8-16-11(12-13-14-16)10-15(4-2)7-6-9-17/h17H,3-10H2,1-2H3. The fourth-order valence-electron chi connectivity index (χ4n) is 1.66. The van der Waals surface area contributed by atoms with Crippen molar-refractivity contribution in [2.24, 2.45) is 0 Å². The van der Waals surface area contributed by atoms with Crippen LogP contribution in [-0.4, -0.2) is 49.9 Å². The van der Waals surface area contributed by atoms with Crippen molar-refractivity contribution in [1.29, 1.82) is 0 Å². The Labute approximate surface area is 103 Å². The minimum Gasteiger partial charge on any atom is -0.396 e. The van der Waals surface area contributed by atoms with Crippen molar-refractivity contribution in [3.63, 3.8) is 0 Å². The molecule has 1 aromatic heterocycles. The van der Waals surface area contributed by atoms with Crippen molar-refractivity contribution in [2.75, 3.05) is 19.7 Å². The summed E-state index contributed by atoms with van der Waals surface area (Å²) < 4.78 is 1.88. The minimum absolute atomic E-state index is 0.233. The first-order chi connectivity index (χ1) is 8.31. The molecule has 0 fully saturated rings. The zero-order valence-electron chi connectivity index (χ0n) is 10.8. The van der Waals surface area contributed by atoms with Gasteiger partial charge in [0, 0.05) is 19.7 Å². The van der Waals surface area contributed by atoms with Gasteiger partial charge in [-0.15, -0.1) is 5.10 Å². The van der Waals surface area contributed by atoms with E-state index in [-0.39, 0.29) is 6.61 Å². The highest BCUT2D eigenvalue weighted by Crippen LogP contribution is 2.02. The average molecular weight is 241 g/mol. The first-order valence-electron chi connectivity index (χ1n) is 6.40. The number of aryl methyl sites for hydroxylation is 1.